The molecule has 7 nitrogen and oxygen atoms in total. The van der Waals surface area contributed by atoms with E-state index < -0.39 is 5.91 Å². The molecule has 116 valence electrons. The van der Waals surface area contributed by atoms with Crippen molar-refractivity contribution in [2.45, 2.75) is 0 Å². The maximum absolute atomic E-state index is 13.0. The molecule has 2 aliphatic rings. The van der Waals surface area contributed by atoms with Crippen LogP contribution < -0.4 is 15.3 Å². The van der Waals surface area contributed by atoms with Crippen LogP contribution in [0.4, 0.5) is 16.0 Å². The summed E-state index contributed by atoms with van der Waals surface area (Å²) in [5.74, 6) is -0.387. The van der Waals surface area contributed by atoms with Crippen LogP contribution in [0.3, 0.4) is 0 Å². The summed E-state index contributed by atoms with van der Waals surface area (Å²) in [6.07, 6.45) is 2.73. The zero-order chi connectivity index (χ0) is 16.0. The lowest BCUT2D eigenvalue weighted by Gasteiger charge is -2.51. The highest BCUT2D eigenvalue weighted by Gasteiger charge is 2.41. The molecule has 1 aromatic heterocycles. The molecule has 2 aromatic rings. The highest BCUT2D eigenvalue weighted by Crippen LogP contribution is 2.41. The van der Waals surface area contributed by atoms with Gasteiger partial charge in [-0.15, -0.1) is 0 Å². The molecule has 2 N–H and O–H groups in total. The van der Waals surface area contributed by atoms with Gasteiger partial charge in [0.2, 0.25) is 5.95 Å². The van der Waals surface area contributed by atoms with Crippen molar-refractivity contribution in [3.63, 3.8) is 0 Å². The number of nitrogens with one attached hydrogen (secondary N) is 1. The number of benzene rings is 1. The Morgan fingerprint density at radius 3 is 2.26 bits per heavy atom. The van der Waals surface area contributed by atoms with E-state index in [1.807, 2.05) is 4.90 Å². The summed E-state index contributed by atoms with van der Waals surface area (Å²) in [6.45, 7) is 1.38. The molecule has 0 radical (unpaired) electrons. The molecule has 0 aliphatic carbocycles. The number of aromatic nitrogens is 2. The predicted octanol–water partition coefficient (Wildman–Crippen LogP) is 1.29. The van der Waals surface area contributed by atoms with Crippen LogP contribution in [-0.2, 0) is 0 Å². The minimum atomic E-state index is -0.647. The van der Waals surface area contributed by atoms with Gasteiger partial charge in [-0.1, -0.05) is 0 Å². The number of carbonyl (C=O) groups is 1. The zero-order valence-electron chi connectivity index (χ0n) is 11.9. The summed E-state index contributed by atoms with van der Waals surface area (Å²) in [6, 6.07) is 6.39. The predicted molar refractivity (Wildman–Crippen MR) is 79.4 cm³/mol. The Balaban J connectivity index is 1.49. The highest BCUT2D eigenvalue weighted by atomic mass is 19.1. The van der Waals surface area contributed by atoms with Crippen LogP contribution in [0.15, 0.2) is 48.1 Å². The van der Waals surface area contributed by atoms with E-state index in [0.29, 0.717) is 19.0 Å². The Kier molecular flexibility index (Phi) is 2.98. The minimum Gasteiger partial charge on any atom is -0.336 e. The van der Waals surface area contributed by atoms with E-state index in [1.165, 1.54) is 30.0 Å². The van der Waals surface area contributed by atoms with Crippen molar-refractivity contribution in [1.82, 2.24) is 15.4 Å². The first-order valence-electron chi connectivity index (χ1n) is 6.96. The number of hydrogen-bond acceptors (Lipinski definition) is 6. The van der Waals surface area contributed by atoms with Crippen molar-refractivity contribution in [2.24, 2.45) is 0 Å². The molecule has 3 heterocycles. The van der Waals surface area contributed by atoms with Gasteiger partial charge in [-0.3, -0.25) is 10.0 Å². The van der Waals surface area contributed by atoms with Gasteiger partial charge in [-0.25, -0.2) is 19.8 Å². The van der Waals surface area contributed by atoms with Crippen molar-refractivity contribution in [3.8, 4) is 0 Å². The van der Waals surface area contributed by atoms with Gasteiger partial charge in [0.15, 0.2) is 0 Å². The topological polar surface area (TPSA) is 81.6 Å². The van der Waals surface area contributed by atoms with Gasteiger partial charge in [-0.2, -0.15) is 0 Å². The van der Waals surface area contributed by atoms with Gasteiger partial charge in [-0.05, 0) is 24.3 Å². The van der Waals surface area contributed by atoms with Crippen molar-refractivity contribution >= 4 is 17.5 Å². The van der Waals surface area contributed by atoms with Crippen LogP contribution in [0.5, 0.6) is 0 Å². The number of nitrogens with zero attached hydrogens (tertiary/aromatic N) is 4. The molecular weight excluding hydrogens is 301 g/mol. The van der Waals surface area contributed by atoms with Crippen LogP contribution in [-0.4, -0.2) is 34.2 Å². The first-order valence-corrected chi connectivity index (χ1v) is 6.96. The molecule has 2 aliphatic heterocycles. The molecule has 4 rings (SSSR count). The Labute approximate surface area is 130 Å². The molecule has 0 unspecified atom stereocenters. The quantitative estimate of drug-likeness (QED) is 0.656. The molecule has 0 saturated carbocycles. The van der Waals surface area contributed by atoms with E-state index >= 15 is 0 Å². The molecule has 0 bridgehead atoms. The molecule has 1 aromatic carbocycles. The van der Waals surface area contributed by atoms with E-state index in [-0.39, 0.29) is 11.4 Å². The fourth-order valence-electron chi connectivity index (χ4n) is 2.67. The van der Waals surface area contributed by atoms with Crippen molar-refractivity contribution in [3.05, 3.63) is 59.4 Å². The van der Waals surface area contributed by atoms with E-state index in [0.717, 1.165) is 17.1 Å². The second-order valence-electron chi connectivity index (χ2n) is 5.25. The number of amides is 1. The average molecular weight is 313 g/mol. The van der Waals surface area contributed by atoms with Gasteiger partial charge in [0.05, 0.1) is 30.0 Å². The Morgan fingerprint density at radius 1 is 1.09 bits per heavy atom. The summed E-state index contributed by atoms with van der Waals surface area (Å²) >= 11 is 0. The molecular formula is C15H12FN5O2. The monoisotopic (exact) mass is 313 g/mol. The van der Waals surface area contributed by atoms with Crippen LogP contribution >= 0.6 is 0 Å². The smallest absolute Gasteiger partial charge is 0.277 e. The van der Waals surface area contributed by atoms with Crippen LogP contribution in [0.25, 0.3) is 0 Å². The van der Waals surface area contributed by atoms with Crippen molar-refractivity contribution < 1.29 is 14.4 Å². The number of anilines is 2. The Bertz CT molecular complexity index is 804. The third kappa shape index (κ3) is 2.11. The standard InChI is InChI=1S/C15H12FN5O2/c16-10-1-3-11(4-2-10)20-7-13-12(20)8-21(13)15-17-5-9(6-18-15)14(22)19-23/h1-6,23H,7-8H2,(H,19,22). The zero-order valence-corrected chi connectivity index (χ0v) is 11.9. The lowest BCUT2D eigenvalue weighted by molar-refractivity contribution is 0.0705. The molecule has 0 fully saturated rings. The first kappa shape index (κ1) is 13.6. The summed E-state index contributed by atoms with van der Waals surface area (Å²) in [5, 5.41) is 8.56. The fraction of sp³-hybridized carbons (Fsp3) is 0.133. The molecule has 1 amide bonds. The van der Waals surface area contributed by atoms with Crippen LogP contribution in [0.2, 0.25) is 0 Å². The van der Waals surface area contributed by atoms with E-state index in [1.54, 1.807) is 12.1 Å². The summed E-state index contributed by atoms with van der Waals surface area (Å²) < 4.78 is 13.0. The average Bonchev–Trinajstić information content (AvgIpc) is 2.57. The van der Waals surface area contributed by atoms with E-state index in [9.17, 15) is 9.18 Å². The Morgan fingerprint density at radius 2 is 1.70 bits per heavy atom. The van der Waals surface area contributed by atoms with Gasteiger partial charge in [0, 0.05) is 18.1 Å². The Hall–Kier alpha value is -3.00. The molecule has 0 saturated heterocycles. The third-order valence-electron chi connectivity index (χ3n) is 3.98. The largest absolute Gasteiger partial charge is 0.336 e. The second-order valence-corrected chi connectivity index (χ2v) is 5.25. The molecule has 0 spiro atoms. The third-order valence-corrected chi connectivity index (χ3v) is 3.98. The first-order chi connectivity index (χ1) is 11.2. The van der Waals surface area contributed by atoms with Crippen molar-refractivity contribution in [2.75, 3.05) is 22.9 Å². The maximum atomic E-state index is 13.0. The van der Waals surface area contributed by atoms with Crippen LogP contribution in [0, 0.1) is 5.82 Å². The van der Waals surface area contributed by atoms with Crippen molar-refractivity contribution in [1.29, 1.82) is 0 Å². The second kappa shape index (κ2) is 5.03. The number of halogens is 1. The van der Waals surface area contributed by atoms with Crippen LogP contribution in [0.1, 0.15) is 10.4 Å². The minimum absolute atomic E-state index is 0.188. The lowest BCUT2D eigenvalue weighted by atomic mass is 10.00. The summed E-state index contributed by atoms with van der Waals surface area (Å²) in [4.78, 5) is 23.6. The van der Waals surface area contributed by atoms with E-state index in [4.69, 9.17) is 5.21 Å². The fourth-order valence-corrected chi connectivity index (χ4v) is 2.67. The number of carbonyl (C=O) groups excluding carboxylic acids is 1. The molecule has 23 heavy (non-hydrogen) atoms. The highest BCUT2D eigenvalue weighted by molar-refractivity contribution is 5.92. The number of hydroxylamine groups is 1. The maximum Gasteiger partial charge on any atom is 0.277 e. The van der Waals surface area contributed by atoms with E-state index in [2.05, 4.69) is 14.9 Å². The van der Waals surface area contributed by atoms with Gasteiger partial charge in [0.25, 0.3) is 5.91 Å². The number of hydrogen-bond donors (Lipinski definition) is 2. The number of piperazine rings is 1. The summed E-state index contributed by atoms with van der Waals surface area (Å²) in [7, 11) is 0. The van der Waals surface area contributed by atoms with Gasteiger partial charge < -0.3 is 9.80 Å². The molecule has 0 atom stereocenters. The van der Waals surface area contributed by atoms with Gasteiger partial charge in [0.1, 0.15) is 5.82 Å². The molecule has 8 heteroatoms. The van der Waals surface area contributed by atoms with Gasteiger partial charge >= 0.3 is 0 Å². The SMILES string of the molecule is O=C(NO)c1cnc(N2CC3=C2CN3c2ccc(F)cc2)nc1. The summed E-state index contributed by atoms with van der Waals surface area (Å²) in [5.41, 5.74) is 4.97. The normalized spacial score (nSPS) is 15.7. The number of rotatable bonds is 3. The lowest BCUT2D eigenvalue weighted by Crippen LogP contribution is -2.56.